The Morgan fingerprint density at radius 3 is 2.73 bits per heavy atom. The smallest absolute Gasteiger partial charge is 0.240 e. The highest BCUT2D eigenvalue weighted by molar-refractivity contribution is 5.98. The molecule has 1 aliphatic heterocycles. The first-order valence-corrected chi connectivity index (χ1v) is 7.48. The van der Waals surface area contributed by atoms with Crippen LogP contribution >= 0.6 is 0 Å². The van der Waals surface area contributed by atoms with Gasteiger partial charge in [0, 0.05) is 17.8 Å². The van der Waals surface area contributed by atoms with E-state index < -0.39 is 0 Å². The third kappa shape index (κ3) is 2.61. The van der Waals surface area contributed by atoms with E-state index in [0.717, 1.165) is 11.3 Å². The quantitative estimate of drug-likeness (QED) is 0.831. The van der Waals surface area contributed by atoms with Crippen molar-refractivity contribution in [2.45, 2.75) is 32.6 Å². The molecule has 0 fully saturated rings. The van der Waals surface area contributed by atoms with Gasteiger partial charge >= 0.3 is 0 Å². The van der Waals surface area contributed by atoms with Crippen molar-refractivity contribution in [1.82, 2.24) is 5.43 Å². The number of halogens is 1. The summed E-state index contributed by atoms with van der Waals surface area (Å²) in [6.07, 6.45) is 7.34. The van der Waals surface area contributed by atoms with Gasteiger partial charge in [-0.3, -0.25) is 4.79 Å². The highest BCUT2D eigenvalue weighted by atomic mass is 19.1. The van der Waals surface area contributed by atoms with Crippen molar-refractivity contribution in [1.29, 1.82) is 0 Å². The molecule has 0 radical (unpaired) electrons. The van der Waals surface area contributed by atoms with E-state index in [1.54, 1.807) is 6.07 Å². The number of nitrogens with zero attached hydrogens (tertiary/aromatic N) is 1. The number of hydrogen-bond donors (Lipinski definition) is 1. The second kappa shape index (κ2) is 5.52. The lowest BCUT2D eigenvalue weighted by molar-refractivity contribution is -0.121. The molecular weight excluding hydrogens is 279 g/mol. The molecule has 1 aliphatic carbocycles. The van der Waals surface area contributed by atoms with Crippen molar-refractivity contribution in [2.24, 2.45) is 10.5 Å². The minimum Gasteiger partial charge on any atom is -0.273 e. The summed E-state index contributed by atoms with van der Waals surface area (Å²) in [5.74, 6) is -0.277. The number of allylic oxidation sites excluding steroid dienone is 4. The van der Waals surface area contributed by atoms with Crippen LogP contribution in [0.25, 0.3) is 0 Å². The molecule has 1 amide bonds. The van der Waals surface area contributed by atoms with Crippen molar-refractivity contribution >= 4 is 11.6 Å². The number of benzene rings is 1. The maximum atomic E-state index is 14.0. The van der Waals surface area contributed by atoms with Crippen LogP contribution in [-0.4, -0.2) is 11.6 Å². The molecule has 1 heterocycles. The van der Waals surface area contributed by atoms with E-state index in [-0.39, 0.29) is 23.1 Å². The lowest BCUT2D eigenvalue weighted by atomic mass is 9.73. The maximum Gasteiger partial charge on any atom is 0.240 e. The van der Waals surface area contributed by atoms with Crippen LogP contribution in [0.4, 0.5) is 4.39 Å². The van der Waals surface area contributed by atoms with Crippen molar-refractivity contribution in [3.63, 3.8) is 0 Å². The van der Waals surface area contributed by atoms with Gasteiger partial charge in [-0.25, -0.2) is 9.82 Å². The normalized spacial score (nSPS) is 28.0. The molecule has 0 saturated heterocycles. The van der Waals surface area contributed by atoms with Gasteiger partial charge in [-0.05, 0) is 31.9 Å². The number of hydrogen-bond acceptors (Lipinski definition) is 2. The summed E-state index contributed by atoms with van der Waals surface area (Å²) in [4.78, 5) is 11.2. The van der Waals surface area contributed by atoms with Gasteiger partial charge in [-0.15, -0.1) is 0 Å². The van der Waals surface area contributed by atoms with Crippen LogP contribution in [0.1, 0.15) is 38.2 Å². The molecule has 22 heavy (non-hydrogen) atoms. The van der Waals surface area contributed by atoms with E-state index >= 15 is 0 Å². The number of rotatable bonds is 2. The summed E-state index contributed by atoms with van der Waals surface area (Å²) in [7, 11) is 0. The fourth-order valence-corrected chi connectivity index (χ4v) is 3.18. The van der Waals surface area contributed by atoms with Crippen molar-refractivity contribution in [3.8, 4) is 0 Å². The predicted molar refractivity (Wildman–Crippen MR) is 85.0 cm³/mol. The second-order valence-corrected chi connectivity index (χ2v) is 6.12. The van der Waals surface area contributed by atoms with E-state index in [1.165, 1.54) is 6.07 Å². The van der Waals surface area contributed by atoms with Crippen molar-refractivity contribution in [2.75, 3.05) is 0 Å². The first kappa shape index (κ1) is 14.7. The van der Waals surface area contributed by atoms with Crippen molar-refractivity contribution in [3.05, 3.63) is 59.4 Å². The van der Waals surface area contributed by atoms with Gasteiger partial charge in [0.1, 0.15) is 5.82 Å². The van der Waals surface area contributed by atoms with Crippen LogP contribution in [0.5, 0.6) is 0 Å². The molecule has 2 atom stereocenters. The summed E-state index contributed by atoms with van der Waals surface area (Å²) >= 11 is 0. The summed E-state index contributed by atoms with van der Waals surface area (Å²) in [5.41, 5.74) is 4.95. The van der Waals surface area contributed by atoms with Crippen LogP contribution in [-0.2, 0) is 4.79 Å². The predicted octanol–water partition coefficient (Wildman–Crippen LogP) is 3.70. The second-order valence-electron chi connectivity index (χ2n) is 6.12. The lowest BCUT2D eigenvalue weighted by Crippen LogP contribution is -2.34. The Morgan fingerprint density at radius 2 is 2.09 bits per heavy atom. The number of carbonyl (C=O) groups is 1. The summed E-state index contributed by atoms with van der Waals surface area (Å²) in [6.45, 7) is 4.09. The Hall–Kier alpha value is -2.23. The summed E-state index contributed by atoms with van der Waals surface area (Å²) in [6, 6.07) is 6.87. The van der Waals surface area contributed by atoms with E-state index in [0.29, 0.717) is 18.4 Å². The third-order valence-electron chi connectivity index (χ3n) is 4.42. The largest absolute Gasteiger partial charge is 0.273 e. The molecule has 3 rings (SSSR count). The third-order valence-corrected chi connectivity index (χ3v) is 4.42. The van der Waals surface area contributed by atoms with E-state index in [4.69, 9.17) is 0 Å². The average molecular weight is 298 g/mol. The fraction of sp³-hybridized carbons (Fsp3) is 0.333. The molecule has 0 spiro atoms. The van der Waals surface area contributed by atoms with Gasteiger partial charge in [0.15, 0.2) is 0 Å². The zero-order valence-electron chi connectivity index (χ0n) is 12.8. The topological polar surface area (TPSA) is 41.5 Å². The van der Waals surface area contributed by atoms with Gasteiger partial charge in [0.2, 0.25) is 5.91 Å². The Labute approximate surface area is 129 Å². The number of carbonyl (C=O) groups excluding carboxylic acids is 1. The van der Waals surface area contributed by atoms with Gasteiger partial charge < -0.3 is 0 Å². The molecule has 0 aromatic heterocycles. The molecule has 0 saturated carbocycles. The molecular formula is C18H19FN2O. The monoisotopic (exact) mass is 298 g/mol. The van der Waals surface area contributed by atoms with E-state index in [1.807, 2.05) is 25.1 Å². The van der Waals surface area contributed by atoms with Crippen LogP contribution < -0.4 is 5.43 Å². The van der Waals surface area contributed by atoms with Gasteiger partial charge in [-0.1, -0.05) is 42.0 Å². The SMILES string of the molecule is CC1=CC(C)(C2=NNC(=O)CC2)C=CC1c1ccccc1F. The van der Waals surface area contributed by atoms with Crippen LogP contribution in [0.2, 0.25) is 0 Å². The first-order chi connectivity index (χ1) is 10.5. The number of amides is 1. The molecule has 3 nitrogen and oxygen atoms in total. The highest BCUT2D eigenvalue weighted by Crippen LogP contribution is 2.39. The van der Waals surface area contributed by atoms with Crippen LogP contribution in [0.15, 0.2) is 53.2 Å². The number of nitrogens with one attached hydrogen (secondary N) is 1. The summed E-state index contributed by atoms with van der Waals surface area (Å²) < 4.78 is 14.0. The standard InChI is InChI=1S/C18H19FN2O/c1-12-11-18(2,16-7-8-17(22)21-20-16)10-9-13(12)14-5-3-4-6-15(14)19/h3-6,9-11,13H,7-8H2,1-2H3,(H,21,22). The van der Waals surface area contributed by atoms with E-state index in [2.05, 4.69) is 29.6 Å². The molecule has 114 valence electrons. The molecule has 4 heteroatoms. The van der Waals surface area contributed by atoms with Gasteiger partial charge in [-0.2, -0.15) is 5.10 Å². The Balaban J connectivity index is 1.91. The number of hydrazone groups is 1. The Bertz CT molecular complexity index is 705. The zero-order chi connectivity index (χ0) is 15.7. The average Bonchev–Trinajstić information content (AvgIpc) is 2.49. The molecule has 2 aliphatic rings. The molecule has 0 bridgehead atoms. The van der Waals surface area contributed by atoms with Crippen LogP contribution in [0, 0.1) is 11.2 Å². The highest BCUT2D eigenvalue weighted by Gasteiger charge is 2.32. The molecule has 1 aromatic rings. The van der Waals surface area contributed by atoms with Crippen LogP contribution in [0.3, 0.4) is 0 Å². The maximum absolute atomic E-state index is 14.0. The minimum atomic E-state index is -0.320. The zero-order valence-corrected chi connectivity index (χ0v) is 12.8. The first-order valence-electron chi connectivity index (χ1n) is 7.48. The Morgan fingerprint density at radius 1 is 1.32 bits per heavy atom. The van der Waals surface area contributed by atoms with Crippen molar-refractivity contribution < 1.29 is 9.18 Å². The molecule has 2 unspecified atom stereocenters. The van der Waals surface area contributed by atoms with Gasteiger partial charge in [0.05, 0.1) is 5.71 Å². The Kier molecular flexibility index (Phi) is 3.69. The summed E-state index contributed by atoms with van der Waals surface area (Å²) in [5, 5.41) is 4.20. The van der Waals surface area contributed by atoms with E-state index in [9.17, 15) is 9.18 Å². The molecule has 1 N–H and O–H groups in total. The van der Waals surface area contributed by atoms with Gasteiger partial charge in [0.25, 0.3) is 0 Å². The fourth-order valence-electron chi connectivity index (χ4n) is 3.18. The lowest BCUT2D eigenvalue weighted by Gasteiger charge is -2.32. The minimum absolute atomic E-state index is 0.0444. The molecule has 1 aromatic carbocycles.